The van der Waals surface area contributed by atoms with Gasteiger partial charge in [-0.1, -0.05) is 30.3 Å². The first-order valence-corrected chi connectivity index (χ1v) is 6.82. The number of carbonyl (C=O) groups is 1. The number of amides is 1. The van der Waals surface area contributed by atoms with Crippen molar-refractivity contribution < 1.29 is 19.4 Å². The summed E-state index contributed by atoms with van der Waals surface area (Å²) >= 11 is 0. The van der Waals surface area contributed by atoms with Gasteiger partial charge in [0.15, 0.2) is 0 Å². The van der Waals surface area contributed by atoms with E-state index in [9.17, 15) is 9.90 Å². The highest BCUT2D eigenvalue weighted by Gasteiger charge is 2.39. The number of ether oxygens (including phenoxy) is 2. The largest absolute Gasteiger partial charge is 0.385 e. The highest BCUT2D eigenvalue weighted by Crippen LogP contribution is 2.24. The third-order valence-electron chi connectivity index (χ3n) is 3.60. The Bertz CT molecular complexity index is 437. The Hall–Kier alpha value is -1.43. The number of hydrogen-bond acceptors (Lipinski definition) is 4. The van der Waals surface area contributed by atoms with Gasteiger partial charge in [-0.3, -0.25) is 4.79 Å². The van der Waals surface area contributed by atoms with E-state index in [4.69, 9.17) is 9.47 Å². The minimum absolute atomic E-state index is 0.0137. The molecule has 1 heterocycles. The molecule has 0 aliphatic carbocycles. The maximum Gasteiger partial charge on any atom is 0.246 e. The molecule has 2 rings (SSSR count). The summed E-state index contributed by atoms with van der Waals surface area (Å²) in [6, 6.07) is 9.67. The smallest absolute Gasteiger partial charge is 0.246 e. The lowest BCUT2D eigenvalue weighted by Gasteiger charge is -2.26. The summed E-state index contributed by atoms with van der Waals surface area (Å²) in [5, 5.41) is 12.9. The summed E-state index contributed by atoms with van der Waals surface area (Å²) in [5.41, 5.74) is 0.0616. The summed E-state index contributed by atoms with van der Waals surface area (Å²) in [6.45, 7) is 2.92. The van der Waals surface area contributed by atoms with Crippen molar-refractivity contribution in [3.8, 4) is 0 Å². The van der Waals surface area contributed by atoms with E-state index in [2.05, 4.69) is 5.32 Å². The van der Waals surface area contributed by atoms with Crippen molar-refractivity contribution in [2.24, 2.45) is 0 Å². The van der Waals surface area contributed by atoms with Gasteiger partial charge in [-0.15, -0.1) is 0 Å². The van der Waals surface area contributed by atoms with Gasteiger partial charge in [0.25, 0.3) is 0 Å². The molecule has 0 radical (unpaired) electrons. The second kappa shape index (κ2) is 6.83. The van der Waals surface area contributed by atoms with Gasteiger partial charge in [0.05, 0.1) is 12.7 Å². The molecule has 1 amide bonds. The molecule has 1 aromatic rings. The molecule has 2 atom stereocenters. The lowest BCUT2D eigenvalue weighted by atomic mass is 9.97. The molecule has 1 aliphatic heterocycles. The van der Waals surface area contributed by atoms with Gasteiger partial charge < -0.3 is 19.9 Å². The number of aliphatic hydroxyl groups is 1. The van der Waals surface area contributed by atoms with Crippen LogP contribution in [0.3, 0.4) is 0 Å². The quantitative estimate of drug-likeness (QED) is 0.810. The lowest BCUT2D eigenvalue weighted by molar-refractivity contribution is -0.127. The molecular formula is C15H21NO4. The Kier molecular flexibility index (Phi) is 5.11. The normalized spacial score (nSPS) is 25.6. The van der Waals surface area contributed by atoms with Crippen LogP contribution < -0.4 is 5.32 Å². The van der Waals surface area contributed by atoms with E-state index < -0.39 is 5.60 Å². The van der Waals surface area contributed by atoms with E-state index in [0.717, 1.165) is 5.56 Å². The third-order valence-corrected chi connectivity index (χ3v) is 3.60. The monoisotopic (exact) mass is 279 g/mol. The summed E-state index contributed by atoms with van der Waals surface area (Å²) in [5.74, 6) is -0.228. The van der Waals surface area contributed by atoms with Crippen molar-refractivity contribution in [3.63, 3.8) is 0 Å². The second-order valence-electron chi connectivity index (χ2n) is 5.12. The van der Waals surface area contributed by atoms with Gasteiger partial charge in [-0.05, 0) is 12.5 Å². The Balaban J connectivity index is 1.66. The molecular weight excluding hydrogens is 258 g/mol. The predicted octanol–water partition coefficient (Wildman–Crippen LogP) is 0.859. The van der Waals surface area contributed by atoms with Crippen molar-refractivity contribution in [2.75, 3.05) is 19.8 Å². The lowest BCUT2D eigenvalue weighted by Crippen LogP contribution is -2.48. The molecule has 1 saturated heterocycles. The van der Waals surface area contributed by atoms with E-state index in [1.54, 1.807) is 0 Å². The first-order chi connectivity index (χ1) is 9.60. The number of carbonyl (C=O) groups excluding carboxylic acids is 1. The van der Waals surface area contributed by atoms with Gasteiger partial charge >= 0.3 is 0 Å². The summed E-state index contributed by atoms with van der Waals surface area (Å²) in [6.07, 6.45) is 0.285. The van der Waals surface area contributed by atoms with Gasteiger partial charge in [0, 0.05) is 19.6 Å². The van der Waals surface area contributed by atoms with E-state index in [1.165, 1.54) is 0 Å². The van der Waals surface area contributed by atoms with Crippen LogP contribution in [0, 0.1) is 0 Å². The third kappa shape index (κ3) is 4.03. The van der Waals surface area contributed by atoms with Gasteiger partial charge in [0.1, 0.15) is 12.2 Å². The van der Waals surface area contributed by atoms with Gasteiger partial charge in [-0.25, -0.2) is 0 Å². The molecule has 0 aromatic heterocycles. The molecule has 0 bridgehead atoms. The first-order valence-electron chi connectivity index (χ1n) is 6.82. The fourth-order valence-corrected chi connectivity index (χ4v) is 2.14. The molecule has 5 nitrogen and oxygen atoms in total. The van der Waals surface area contributed by atoms with E-state index in [-0.39, 0.29) is 25.2 Å². The zero-order valence-corrected chi connectivity index (χ0v) is 11.7. The van der Waals surface area contributed by atoms with Crippen LogP contribution in [0.25, 0.3) is 0 Å². The molecule has 110 valence electrons. The maximum absolute atomic E-state index is 11.7. The average molecular weight is 279 g/mol. The maximum atomic E-state index is 11.7. The van der Waals surface area contributed by atoms with Crippen molar-refractivity contribution in [1.82, 2.24) is 5.32 Å². The van der Waals surface area contributed by atoms with Gasteiger partial charge in [0.2, 0.25) is 5.91 Å². The Morgan fingerprint density at radius 1 is 1.50 bits per heavy atom. The average Bonchev–Trinajstić information content (AvgIpc) is 2.78. The molecule has 20 heavy (non-hydrogen) atoms. The summed E-state index contributed by atoms with van der Waals surface area (Å²) < 4.78 is 10.6. The van der Waals surface area contributed by atoms with Crippen LogP contribution in [-0.2, 0) is 20.9 Å². The van der Waals surface area contributed by atoms with Crippen LogP contribution in [-0.4, -0.2) is 42.5 Å². The number of rotatable bonds is 6. The van der Waals surface area contributed by atoms with Crippen LogP contribution in [0.2, 0.25) is 0 Å². The Labute approximate surface area is 118 Å². The van der Waals surface area contributed by atoms with Crippen molar-refractivity contribution >= 4 is 5.91 Å². The predicted molar refractivity (Wildman–Crippen MR) is 74.1 cm³/mol. The van der Waals surface area contributed by atoms with Gasteiger partial charge in [-0.2, -0.15) is 0 Å². The van der Waals surface area contributed by atoms with Crippen LogP contribution >= 0.6 is 0 Å². The molecule has 5 heteroatoms. The summed E-state index contributed by atoms with van der Waals surface area (Å²) in [4.78, 5) is 11.7. The molecule has 1 aliphatic rings. The number of hydrogen-bond donors (Lipinski definition) is 2. The van der Waals surface area contributed by atoms with E-state index in [1.807, 2.05) is 37.3 Å². The summed E-state index contributed by atoms with van der Waals surface area (Å²) in [7, 11) is 0. The first kappa shape index (κ1) is 15.0. The highest BCUT2D eigenvalue weighted by molar-refractivity contribution is 5.77. The van der Waals surface area contributed by atoms with Crippen LogP contribution in [0.15, 0.2) is 30.3 Å². The molecule has 1 fully saturated rings. The zero-order valence-electron chi connectivity index (χ0n) is 11.7. The molecule has 2 N–H and O–H groups in total. The number of benzene rings is 1. The molecule has 0 spiro atoms. The van der Waals surface area contributed by atoms with E-state index in [0.29, 0.717) is 19.6 Å². The SMILES string of the molecule is CC1OCCC1(O)CNC(=O)COCc1ccccc1. The second-order valence-corrected chi connectivity index (χ2v) is 5.12. The van der Waals surface area contributed by atoms with E-state index >= 15 is 0 Å². The fraction of sp³-hybridized carbons (Fsp3) is 0.533. The minimum Gasteiger partial charge on any atom is -0.385 e. The van der Waals surface area contributed by atoms with Crippen molar-refractivity contribution in [1.29, 1.82) is 0 Å². The van der Waals surface area contributed by atoms with Crippen molar-refractivity contribution in [3.05, 3.63) is 35.9 Å². The topological polar surface area (TPSA) is 67.8 Å². The number of nitrogens with one attached hydrogen (secondary N) is 1. The molecule has 2 unspecified atom stereocenters. The Morgan fingerprint density at radius 3 is 2.90 bits per heavy atom. The molecule has 1 aromatic carbocycles. The minimum atomic E-state index is -0.963. The molecule has 0 saturated carbocycles. The Morgan fingerprint density at radius 2 is 2.25 bits per heavy atom. The van der Waals surface area contributed by atoms with Crippen molar-refractivity contribution in [2.45, 2.75) is 31.7 Å². The van der Waals surface area contributed by atoms with Crippen LogP contribution in [0.1, 0.15) is 18.9 Å². The standard InChI is InChI=1S/C15H21NO4/c1-12-15(18,7-8-20-12)11-16-14(17)10-19-9-13-5-3-2-4-6-13/h2-6,12,18H,7-11H2,1H3,(H,16,17). The zero-order chi connectivity index (χ0) is 14.4. The fourth-order valence-electron chi connectivity index (χ4n) is 2.14. The van der Waals surface area contributed by atoms with Crippen LogP contribution in [0.4, 0.5) is 0 Å². The van der Waals surface area contributed by atoms with Crippen LogP contribution in [0.5, 0.6) is 0 Å². The highest BCUT2D eigenvalue weighted by atomic mass is 16.5.